The fourth-order valence-electron chi connectivity index (χ4n) is 3.86. The van der Waals surface area contributed by atoms with E-state index in [4.69, 9.17) is 4.74 Å². The van der Waals surface area contributed by atoms with Crippen LogP contribution in [0.1, 0.15) is 34.6 Å². The van der Waals surface area contributed by atoms with E-state index in [2.05, 4.69) is 4.98 Å². The number of hydrogen-bond acceptors (Lipinski definition) is 5. The highest BCUT2D eigenvalue weighted by Gasteiger charge is 2.31. The Balaban J connectivity index is 1.76. The number of aromatic nitrogens is 2. The number of carbonyl (C=O) groups excluding carboxylic acids is 1. The lowest BCUT2D eigenvalue weighted by Crippen LogP contribution is -2.42. The van der Waals surface area contributed by atoms with Gasteiger partial charge in [-0.2, -0.15) is 11.8 Å². The SMILES string of the molecule is CCn1cc(C(=O)N2CCSC[C@H]2c2ccc(OC)cc2)c(=O)c2ccc(C)nc21. The molecule has 30 heavy (non-hydrogen) atoms. The number of aryl methyl sites for hydroxylation is 2. The van der Waals surface area contributed by atoms with Gasteiger partial charge in [0.25, 0.3) is 5.91 Å². The van der Waals surface area contributed by atoms with Crippen LogP contribution in [0.5, 0.6) is 5.75 Å². The zero-order valence-electron chi connectivity index (χ0n) is 17.4. The summed E-state index contributed by atoms with van der Waals surface area (Å²) in [5.74, 6) is 2.22. The van der Waals surface area contributed by atoms with Gasteiger partial charge in [0.1, 0.15) is 17.0 Å². The molecule has 0 aliphatic carbocycles. The minimum Gasteiger partial charge on any atom is -0.497 e. The summed E-state index contributed by atoms with van der Waals surface area (Å²) in [6.45, 7) is 5.12. The number of methoxy groups -OCH3 is 1. The van der Waals surface area contributed by atoms with Crippen LogP contribution in [0.4, 0.5) is 0 Å². The minimum absolute atomic E-state index is 0.0801. The van der Waals surface area contributed by atoms with E-state index >= 15 is 0 Å². The first kappa shape index (κ1) is 20.5. The number of thioether (sulfide) groups is 1. The largest absolute Gasteiger partial charge is 0.497 e. The Morgan fingerprint density at radius 3 is 2.70 bits per heavy atom. The Morgan fingerprint density at radius 2 is 2.00 bits per heavy atom. The van der Waals surface area contributed by atoms with E-state index < -0.39 is 0 Å². The van der Waals surface area contributed by atoms with Gasteiger partial charge in [-0.3, -0.25) is 9.59 Å². The highest BCUT2D eigenvalue weighted by molar-refractivity contribution is 7.99. The van der Waals surface area contributed by atoms with Crippen LogP contribution in [0.3, 0.4) is 0 Å². The molecule has 0 radical (unpaired) electrons. The number of fused-ring (bicyclic) bond motifs is 1. The molecule has 3 aromatic rings. The molecule has 1 aliphatic rings. The van der Waals surface area contributed by atoms with Crippen LogP contribution in [-0.4, -0.2) is 45.5 Å². The number of rotatable bonds is 4. The number of nitrogens with zero attached hydrogens (tertiary/aromatic N) is 3. The molecular weight excluding hydrogens is 398 g/mol. The molecule has 1 fully saturated rings. The summed E-state index contributed by atoms with van der Waals surface area (Å²) in [4.78, 5) is 33.1. The molecule has 4 rings (SSSR count). The third kappa shape index (κ3) is 3.69. The van der Waals surface area contributed by atoms with Gasteiger partial charge >= 0.3 is 0 Å². The predicted octanol–water partition coefficient (Wildman–Crippen LogP) is 3.66. The molecule has 3 heterocycles. The molecular formula is C23H25N3O3S. The summed E-state index contributed by atoms with van der Waals surface area (Å²) < 4.78 is 7.14. The topological polar surface area (TPSA) is 64.4 Å². The molecule has 1 saturated heterocycles. The molecule has 1 aromatic carbocycles. The Morgan fingerprint density at radius 1 is 1.23 bits per heavy atom. The van der Waals surface area contributed by atoms with Crippen LogP contribution >= 0.6 is 11.8 Å². The first-order chi connectivity index (χ1) is 14.5. The van der Waals surface area contributed by atoms with Crippen molar-refractivity contribution in [3.05, 3.63) is 69.6 Å². The highest BCUT2D eigenvalue weighted by Crippen LogP contribution is 2.31. The van der Waals surface area contributed by atoms with Gasteiger partial charge in [-0.25, -0.2) is 4.98 Å². The van der Waals surface area contributed by atoms with Gasteiger partial charge < -0.3 is 14.2 Å². The van der Waals surface area contributed by atoms with Gasteiger partial charge in [-0.15, -0.1) is 0 Å². The van der Waals surface area contributed by atoms with Gasteiger partial charge in [0.15, 0.2) is 0 Å². The van der Waals surface area contributed by atoms with Crippen LogP contribution in [0.2, 0.25) is 0 Å². The van der Waals surface area contributed by atoms with Gasteiger partial charge in [0.2, 0.25) is 5.43 Å². The van der Waals surface area contributed by atoms with Crippen LogP contribution in [0.15, 0.2) is 47.4 Å². The zero-order valence-corrected chi connectivity index (χ0v) is 18.2. The minimum atomic E-state index is -0.251. The molecule has 156 valence electrons. The van der Waals surface area contributed by atoms with Crippen LogP contribution < -0.4 is 10.2 Å². The molecule has 7 heteroatoms. The maximum Gasteiger partial charge on any atom is 0.259 e. The molecule has 0 N–H and O–H groups in total. The second-order valence-electron chi connectivity index (χ2n) is 7.34. The van der Waals surface area contributed by atoms with E-state index in [1.807, 2.05) is 65.4 Å². The normalized spacial score (nSPS) is 16.6. The van der Waals surface area contributed by atoms with Crippen molar-refractivity contribution in [3.8, 4) is 5.75 Å². The number of ether oxygens (including phenoxy) is 1. The smallest absolute Gasteiger partial charge is 0.259 e. The van der Waals surface area contributed by atoms with E-state index in [0.717, 1.165) is 28.5 Å². The molecule has 2 aromatic heterocycles. The Kier molecular flexibility index (Phi) is 5.81. The average molecular weight is 424 g/mol. The van der Waals surface area contributed by atoms with Crippen LogP contribution in [0, 0.1) is 6.92 Å². The van der Waals surface area contributed by atoms with E-state index in [9.17, 15) is 9.59 Å². The van der Waals surface area contributed by atoms with Crippen molar-refractivity contribution in [1.82, 2.24) is 14.5 Å². The van der Waals surface area contributed by atoms with Gasteiger partial charge in [0, 0.05) is 36.5 Å². The summed E-state index contributed by atoms with van der Waals surface area (Å²) in [6, 6.07) is 11.3. The van der Waals surface area contributed by atoms with E-state index in [-0.39, 0.29) is 22.9 Å². The Hall–Kier alpha value is -2.80. The van der Waals surface area contributed by atoms with Crippen molar-refractivity contribution in [1.29, 1.82) is 0 Å². The zero-order chi connectivity index (χ0) is 21.3. The third-order valence-corrected chi connectivity index (χ3v) is 6.54. The first-order valence-corrected chi connectivity index (χ1v) is 11.2. The summed E-state index contributed by atoms with van der Waals surface area (Å²) in [7, 11) is 1.64. The predicted molar refractivity (Wildman–Crippen MR) is 121 cm³/mol. The standard InChI is InChI=1S/C23H25N3O3S/c1-4-25-13-19(21(27)18-10-5-15(2)24-22(18)25)23(28)26-11-12-30-14-20(26)16-6-8-17(29-3)9-7-16/h5-10,13,20H,4,11-12,14H2,1-3H3/t20-/m0/s1. The lowest BCUT2D eigenvalue weighted by atomic mass is 10.0. The quantitative estimate of drug-likeness (QED) is 0.641. The fourth-order valence-corrected chi connectivity index (χ4v) is 4.95. The third-order valence-electron chi connectivity index (χ3n) is 5.52. The van der Waals surface area contributed by atoms with Crippen molar-refractivity contribution in [3.63, 3.8) is 0 Å². The van der Waals surface area contributed by atoms with E-state index in [1.54, 1.807) is 19.4 Å². The summed E-state index contributed by atoms with van der Waals surface area (Å²) in [5, 5.41) is 0.487. The molecule has 0 unspecified atom stereocenters. The molecule has 1 atom stereocenters. The monoisotopic (exact) mass is 423 g/mol. The fraction of sp³-hybridized carbons (Fsp3) is 0.348. The molecule has 1 amide bonds. The van der Waals surface area contributed by atoms with Crippen molar-refractivity contribution >= 4 is 28.7 Å². The lowest BCUT2D eigenvalue weighted by Gasteiger charge is -2.36. The lowest BCUT2D eigenvalue weighted by molar-refractivity contribution is 0.0699. The number of hydrogen-bond donors (Lipinski definition) is 0. The second-order valence-corrected chi connectivity index (χ2v) is 8.49. The summed E-state index contributed by atoms with van der Waals surface area (Å²) in [5.41, 5.74) is 2.47. The van der Waals surface area contributed by atoms with Crippen molar-refractivity contribution < 1.29 is 9.53 Å². The van der Waals surface area contributed by atoms with Gasteiger partial charge in [0.05, 0.1) is 18.5 Å². The molecule has 6 nitrogen and oxygen atoms in total. The summed E-state index contributed by atoms with van der Waals surface area (Å²) in [6.07, 6.45) is 1.67. The van der Waals surface area contributed by atoms with Gasteiger partial charge in [-0.1, -0.05) is 12.1 Å². The highest BCUT2D eigenvalue weighted by atomic mass is 32.2. The maximum atomic E-state index is 13.6. The first-order valence-electron chi connectivity index (χ1n) is 10.1. The number of amides is 1. The van der Waals surface area contributed by atoms with Crippen LogP contribution in [-0.2, 0) is 6.54 Å². The summed E-state index contributed by atoms with van der Waals surface area (Å²) >= 11 is 1.82. The molecule has 0 spiro atoms. The maximum absolute atomic E-state index is 13.6. The van der Waals surface area contributed by atoms with Gasteiger partial charge in [-0.05, 0) is 43.7 Å². The number of pyridine rings is 2. The number of benzene rings is 1. The van der Waals surface area contributed by atoms with E-state index in [0.29, 0.717) is 24.1 Å². The molecule has 1 aliphatic heterocycles. The molecule has 0 bridgehead atoms. The van der Waals surface area contributed by atoms with Crippen molar-refractivity contribution in [2.75, 3.05) is 25.2 Å². The van der Waals surface area contributed by atoms with Crippen LogP contribution in [0.25, 0.3) is 11.0 Å². The Bertz CT molecular complexity index is 1140. The second kappa shape index (κ2) is 8.52. The van der Waals surface area contributed by atoms with Crippen molar-refractivity contribution in [2.45, 2.75) is 26.4 Å². The Labute approximate surface area is 179 Å². The van der Waals surface area contributed by atoms with E-state index in [1.165, 1.54) is 0 Å². The molecule has 0 saturated carbocycles. The average Bonchev–Trinajstić information content (AvgIpc) is 2.79. The number of carbonyl (C=O) groups is 1. The van der Waals surface area contributed by atoms with Crippen molar-refractivity contribution in [2.24, 2.45) is 0 Å².